The molecule has 0 saturated heterocycles. The first-order chi connectivity index (χ1) is 14.6. The number of nitrogens with one attached hydrogen (secondary N) is 1. The van der Waals surface area contributed by atoms with Crippen molar-refractivity contribution in [3.05, 3.63) is 70.2 Å². The minimum absolute atomic E-state index is 0.0932. The number of hydrogen-bond acceptors (Lipinski definition) is 6. The first kappa shape index (κ1) is 20.8. The molecule has 0 spiro atoms. The Hall–Kier alpha value is -2.51. The molecule has 0 aliphatic carbocycles. The lowest BCUT2D eigenvalue weighted by atomic mass is 10.1. The molecule has 0 radical (unpaired) electrons. The Morgan fingerprint density at radius 3 is 2.67 bits per heavy atom. The van der Waals surface area contributed by atoms with Gasteiger partial charge in [0.25, 0.3) is 5.91 Å². The summed E-state index contributed by atoms with van der Waals surface area (Å²) < 4.78 is 12.5. The third-order valence-electron chi connectivity index (χ3n) is 4.80. The summed E-state index contributed by atoms with van der Waals surface area (Å²) in [6.07, 6.45) is 0.869. The predicted molar refractivity (Wildman–Crippen MR) is 121 cm³/mol. The predicted octanol–water partition coefficient (Wildman–Crippen LogP) is 5.40. The molecule has 0 saturated carbocycles. The molecule has 1 amide bonds. The minimum Gasteiger partial charge on any atom is -0.490 e. The molecular weight excluding hydrogens is 416 g/mol. The van der Waals surface area contributed by atoms with E-state index >= 15 is 0 Å². The average molecular weight is 441 g/mol. The van der Waals surface area contributed by atoms with Gasteiger partial charge in [0.1, 0.15) is 4.34 Å². The van der Waals surface area contributed by atoms with Crippen LogP contribution in [0.25, 0.3) is 0 Å². The number of ether oxygens (including phenoxy) is 2. The van der Waals surface area contributed by atoms with Crippen LogP contribution < -0.4 is 14.8 Å². The highest BCUT2D eigenvalue weighted by molar-refractivity contribution is 8.00. The number of aryl methyl sites for hydroxylation is 1. The number of carbonyl (C=O) groups is 1. The van der Waals surface area contributed by atoms with Crippen LogP contribution >= 0.6 is 23.1 Å². The van der Waals surface area contributed by atoms with Crippen molar-refractivity contribution >= 4 is 29.0 Å². The number of nitrogens with zero attached hydrogens (tertiary/aromatic N) is 1. The Bertz CT molecular complexity index is 1020. The van der Waals surface area contributed by atoms with E-state index in [1.54, 1.807) is 23.1 Å². The summed E-state index contributed by atoms with van der Waals surface area (Å²) >= 11 is 3.38. The van der Waals surface area contributed by atoms with E-state index in [1.807, 2.05) is 56.3 Å². The van der Waals surface area contributed by atoms with Crippen LogP contribution in [0.15, 0.2) is 52.2 Å². The summed E-state index contributed by atoms with van der Waals surface area (Å²) in [7, 11) is 0. The van der Waals surface area contributed by atoms with E-state index in [2.05, 4.69) is 15.7 Å². The van der Waals surface area contributed by atoms with Crippen LogP contribution in [0.4, 0.5) is 0 Å². The first-order valence-electron chi connectivity index (χ1n) is 9.93. The molecule has 0 fully saturated rings. The standard InChI is InChI=1S/C23H24N2O3S2/c1-15-13-29-23(24-15)30-14-17-4-6-18(7-5-17)22(26)25-16(2)19-8-9-20-21(12-19)28-11-3-10-27-20/h4-9,12-13,16H,3,10-11,14H2,1-2H3,(H,25,26). The van der Waals surface area contributed by atoms with Crippen molar-refractivity contribution in [2.75, 3.05) is 13.2 Å². The number of carbonyl (C=O) groups excluding carboxylic acids is 1. The van der Waals surface area contributed by atoms with Gasteiger partial charge >= 0.3 is 0 Å². The van der Waals surface area contributed by atoms with Gasteiger partial charge in [0.15, 0.2) is 11.5 Å². The lowest BCUT2D eigenvalue weighted by Gasteiger charge is -2.16. The summed E-state index contributed by atoms with van der Waals surface area (Å²) in [6, 6.07) is 13.4. The monoisotopic (exact) mass is 440 g/mol. The molecule has 2 aromatic carbocycles. The van der Waals surface area contributed by atoms with Gasteiger partial charge in [-0.1, -0.05) is 30.0 Å². The summed E-state index contributed by atoms with van der Waals surface area (Å²) in [5.41, 5.74) is 3.85. The third kappa shape index (κ3) is 5.15. The summed E-state index contributed by atoms with van der Waals surface area (Å²) in [5, 5.41) is 5.12. The van der Waals surface area contributed by atoms with Crippen molar-refractivity contribution in [1.82, 2.24) is 10.3 Å². The topological polar surface area (TPSA) is 60.5 Å². The number of fused-ring (bicyclic) bond motifs is 1. The quantitative estimate of drug-likeness (QED) is 0.520. The normalized spacial score (nSPS) is 14.1. The van der Waals surface area contributed by atoms with E-state index in [9.17, 15) is 4.79 Å². The van der Waals surface area contributed by atoms with Crippen LogP contribution in [-0.2, 0) is 5.75 Å². The lowest BCUT2D eigenvalue weighted by Crippen LogP contribution is -2.26. The highest BCUT2D eigenvalue weighted by Gasteiger charge is 2.16. The molecule has 2 heterocycles. The van der Waals surface area contributed by atoms with E-state index in [1.165, 1.54) is 5.56 Å². The second-order valence-corrected chi connectivity index (χ2v) is 9.27. The Morgan fingerprint density at radius 1 is 1.17 bits per heavy atom. The fraction of sp³-hybridized carbons (Fsp3) is 0.304. The Labute approximate surface area is 184 Å². The number of thioether (sulfide) groups is 1. The summed E-state index contributed by atoms with van der Waals surface area (Å²) in [6.45, 7) is 5.28. The molecule has 0 bridgehead atoms. The minimum atomic E-state index is -0.141. The van der Waals surface area contributed by atoms with E-state index < -0.39 is 0 Å². The molecule has 3 aromatic rings. The number of amides is 1. The molecular formula is C23H24N2O3S2. The molecule has 156 valence electrons. The smallest absolute Gasteiger partial charge is 0.251 e. The fourth-order valence-electron chi connectivity index (χ4n) is 3.11. The van der Waals surface area contributed by atoms with Crippen molar-refractivity contribution in [1.29, 1.82) is 0 Å². The van der Waals surface area contributed by atoms with Crippen LogP contribution in [0.5, 0.6) is 11.5 Å². The number of rotatable bonds is 6. The molecule has 1 aromatic heterocycles. The van der Waals surface area contributed by atoms with Crippen molar-refractivity contribution in [2.45, 2.75) is 36.4 Å². The Balaban J connectivity index is 1.35. The van der Waals surface area contributed by atoms with Crippen LogP contribution in [0.1, 0.15) is 46.6 Å². The first-order valence-corrected chi connectivity index (χ1v) is 11.8. The van der Waals surface area contributed by atoms with Gasteiger partial charge in [0.05, 0.1) is 19.3 Å². The second-order valence-electron chi connectivity index (χ2n) is 7.19. The molecule has 4 rings (SSSR count). The maximum Gasteiger partial charge on any atom is 0.251 e. The number of thiazole rings is 1. The van der Waals surface area contributed by atoms with Gasteiger partial charge in [-0.3, -0.25) is 4.79 Å². The summed E-state index contributed by atoms with van der Waals surface area (Å²) in [4.78, 5) is 17.2. The summed E-state index contributed by atoms with van der Waals surface area (Å²) in [5.74, 6) is 2.24. The Morgan fingerprint density at radius 2 is 1.93 bits per heavy atom. The fourth-order valence-corrected chi connectivity index (χ4v) is 4.91. The molecule has 1 aliphatic heterocycles. The lowest BCUT2D eigenvalue weighted by molar-refractivity contribution is 0.0940. The highest BCUT2D eigenvalue weighted by atomic mass is 32.2. The Kier molecular flexibility index (Phi) is 6.59. The van der Waals surface area contributed by atoms with E-state index in [0.29, 0.717) is 18.8 Å². The van der Waals surface area contributed by atoms with E-state index in [0.717, 1.165) is 39.3 Å². The molecule has 1 unspecified atom stereocenters. The van der Waals surface area contributed by atoms with Gasteiger partial charge in [-0.2, -0.15) is 0 Å². The molecule has 5 nitrogen and oxygen atoms in total. The van der Waals surface area contributed by atoms with Crippen LogP contribution in [0.2, 0.25) is 0 Å². The number of benzene rings is 2. The van der Waals surface area contributed by atoms with Crippen LogP contribution in [0.3, 0.4) is 0 Å². The van der Waals surface area contributed by atoms with Crippen molar-refractivity contribution < 1.29 is 14.3 Å². The molecule has 7 heteroatoms. The number of aromatic nitrogens is 1. The average Bonchev–Trinajstić information content (AvgIpc) is 3.03. The van der Waals surface area contributed by atoms with Crippen molar-refractivity contribution in [3.8, 4) is 11.5 Å². The van der Waals surface area contributed by atoms with Crippen molar-refractivity contribution in [2.24, 2.45) is 0 Å². The zero-order chi connectivity index (χ0) is 20.9. The van der Waals surface area contributed by atoms with Gasteiger partial charge in [-0.05, 0) is 49.2 Å². The molecule has 30 heavy (non-hydrogen) atoms. The van der Waals surface area contributed by atoms with Gasteiger partial charge in [0.2, 0.25) is 0 Å². The van der Waals surface area contributed by atoms with Gasteiger partial charge in [-0.25, -0.2) is 4.98 Å². The zero-order valence-corrected chi connectivity index (χ0v) is 18.6. The van der Waals surface area contributed by atoms with E-state index in [4.69, 9.17) is 9.47 Å². The maximum absolute atomic E-state index is 12.7. The van der Waals surface area contributed by atoms with Gasteiger partial charge in [-0.15, -0.1) is 11.3 Å². The van der Waals surface area contributed by atoms with Crippen molar-refractivity contribution in [3.63, 3.8) is 0 Å². The molecule has 1 aliphatic rings. The third-order valence-corrected chi connectivity index (χ3v) is 7.01. The van der Waals surface area contributed by atoms with Crippen LogP contribution in [-0.4, -0.2) is 24.1 Å². The number of hydrogen-bond donors (Lipinski definition) is 1. The molecule has 1 atom stereocenters. The van der Waals surface area contributed by atoms with E-state index in [-0.39, 0.29) is 11.9 Å². The second kappa shape index (κ2) is 9.53. The van der Waals surface area contributed by atoms with Gasteiger partial charge in [0, 0.05) is 28.8 Å². The van der Waals surface area contributed by atoms with Gasteiger partial charge < -0.3 is 14.8 Å². The zero-order valence-electron chi connectivity index (χ0n) is 17.0. The largest absolute Gasteiger partial charge is 0.490 e. The molecule has 1 N–H and O–H groups in total. The maximum atomic E-state index is 12.7. The highest BCUT2D eigenvalue weighted by Crippen LogP contribution is 2.32. The van der Waals surface area contributed by atoms with Crippen LogP contribution in [0, 0.1) is 6.92 Å². The SMILES string of the molecule is Cc1csc(SCc2ccc(C(=O)NC(C)c3ccc4c(c3)OCCCO4)cc2)n1.